The smallest absolute Gasteiger partial charge is 0.155 e. The van der Waals surface area contributed by atoms with Crippen LogP contribution in [0.25, 0.3) is 6.08 Å². The van der Waals surface area contributed by atoms with Gasteiger partial charge in [-0.15, -0.1) is 0 Å². The topological polar surface area (TPSA) is 17.1 Å². The fourth-order valence-corrected chi connectivity index (χ4v) is 1.29. The molecule has 74 valence electrons. The lowest BCUT2D eigenvalue weighted by Crippen LogP contribution is -1.89. The first-order chi connectivity index (χ1) is 6.72. The molecule has 1 nitrogen and oxygen atoms in total. The Balaban J connectivity index is 2.64. The van der Waals surface area contributed by atoms with Crippen LogP contribution in [0.4, 0.5) is 0 Å². The van der Waals surface area contributed by atoms with Gasteiger partial charge in [0, 0.05) is 6.42 Å². The molecule has 1 aromatic rings. The van der Waals surface area contributed by atoms with Gasteiger partial charge in [0.15, 0.2) is 5.78 Å². The van der Waals surface area contributed by atoms with Crippen LogP contribution in [0.15, 0.2) is 30.3 Å². The van der Waals surface area contributed by atoms with Crippen LogP contribution < -0.4 is 0 Å². The molecule has 0 aliphatic heterocycles. The number of allylic oxidation sites excluding steroid dienone is 1. The summed E-state index contributed by atoms with van der Waals surface area (Å²) in [5.74, 6) is 0.203. The fraction of sp³-hybridized carbons (Fsp3) is 0.308. The summed E-state index contributed by atoms with van der Waals surface area (Å²) in [4.78, 5) is 11.2. The molecular formula is C13H16O. The minimum Gasteiger partial charge on any atom is -0.295 e. The van der Waals surface area contributed by atoms with E-state index in [-0.39, 0.29) is 5.78 Å². The number of carbonyl (C=O) groups is 1. The van der Waals surface area contributed by atoms with Crippen LogP contribution in [0, 0.1) is 6.92 Å². The molecule has 0 fully saturated rings. The number of ketones is 1. The third-order valence-corrected chi connectivity index (χ3v) is 2.00. The van der Waals surface area contributed by atoms with E-state index in [1.165, 1.54) is 5.56 Å². The molecule has 0 amide bonds. The molecule has 0 saturated carbocycles. The van der Waals surface area contributed by atoms with Crippen LogP contribution >= 0.6 is 0 Å². The summed E-state index contributed by atoms with van der Waals surface area (Å²) in [7, 11) is 0. The highest BCUT2D eigenvalue weighted by molar-refractivity contribution is 5.93. The summed E-state index contributed by atoms with van der Waals surface area (Å²) < 4.78 is 0. The molecule has 1 aromatic carbocycles. The van der Waals surface area contributed by atoms with Crippen molar-refractivity contribution in [2.24, 2.45) is 0 Å². The van der Waals surface area contributed by atoms with Gasteiger partial charge in [0.2, 0.25) is 0 Å². The molecule has 1 rings (SSSR count). The predicted octanol–water partition coefficient (Wildman–Crippen LogP) is 3.38. The molecule has 0 N–H and O–H groups in total. The van der Waals surface area contributed by atoms with Crippen molar-refractivity contribution in [3.63, 3.8) is 0 Å². The first kappa shape index (κ1) is 10.7. The van der Waals surface area contributed by atoms with E-state index in [9.17, 15) is 4.79 Å². The Hall–Kier alpha value is -1.37. The van der Waals surface area contributed by atoms with Crippen molar-refractivity contribution in [2.45, 2.75) is 26.7 Å². The zero-order valence-electron chi connectivity index (χ0n) is 8.79. The minimum atomic E-state index is 0.203. The molecule has 0 aliphatic rings. The second-order valence-corrected chi connectivity index (χ2v) is 3.46. The predicted molar refractivity (Wildman–Crippen MR) is 60.1 cm³/mol. The van der Waals surface area contributed by atoms with E-state index < -0.39 is 0 Å². The van der Waals surface area contributed by atoms with Crippen LogP contribution in [0.1, 0.15) is 30.9 Å². The highest BCUT2D eigenvalue weighted by Gasteiger charge is 1.93. The van der Waals surface area contributed by atoms with Crippen molar-refractivity contribution in [1.29, 1.82) is 0 Å². The zero-order chi connectivity index (χ0) is 10.4. The van der Waals surface area contributed by atoms with E-state index in [0.717, 1.165) is 12.0 Å². The molecule has 0 atom stereocenters. The van der Waals surface area contributed by atoms with Crippen molar-refractivity contribution < 1.29 is 4.79 Å². The first-order valence-corrected chi connectivity index (χ1v) is 5.00. The maximum absolute atomic E-state index is 11.2. The Kier molecular flexibility index (Phi) is 4.11. The van der Waals surface area contributed by atoms with Gasteiger partial charge in [-0.25, -0.2) is 0 Å². The molecule has 0 aromatic heterocycles. The zero-order valence-corrected chi connectivity index (χ0v) is 8.79. The maximum Gasteiger partial charge on any atom is 0.155 e. The normalized spacial score (nSPS) is 10.7. The molecule has 14 heavy (non-hydrogen) atoms. The van der Waals surface area contributed by atoms with Crippen molar-refractivity contribution in [3.8, 4) is 0 Å². The summed E-state index contributed by atoms with van der Waals surface area (Å²) in [5, 5.41) is 0. The summed E-state index contributed by atoms with van der Waals surface area (Å²) in [6, 6.07) is 8.11. The Morgan fingerprint density at radius 1 is 1.43 bits per heavy atom. The minimum absolute atomic E-state index is 0.203. The average Bonchev–Trinajstić information content (AvgIpc) is 2.15. The molecule has 1 heteroatoms. The second kappa shape index (κ2) is 5.38. The number of hydrogen-bond donors (Lipinski definition) is 0. The molecule has 0 heterocycles. The first-order valence-electron chi connectivity index (χ1n) is 5.00. The lowest BCUT2D eigenvalue weighted by atomic mass is 10.1. The Bertz CT molecular complexity index is 337. The third-order valence-electron chi connectivity index (χ3n) is 2.00. The lowest BCUT2D eigenvalue weighted by molar-refractivity contribution is -0.114. The molecule has 0 unspecified atom stereocenters. The van der Waals surface area contributed by atoms with Gasteiger partial charge in [0.1, 0.15) is 0 Å². The highest BCUT2D eigenvalue weighted by Crippen LogP contribution is 2.06. The van der Waals surface area contributed by atoms with E-state index >= 15 is 0 Å². The monoisotopic (exact) mass is 188 g/mol. The molecule has 0 aliphatic carbocycles. The quantitative estimate of drug-likeness (QED) is 0.662. The number of benzene rings is 1. The van der Waals surface area contributed by atoms with Gasteiger partial charge in [-0.3, -0.25) is 4.79 Å². The summed E-state index contributed by atoms with van der Waals surface area (Å²) in [6.45, 7) is 4.06. The molecule has 0 radical (unpaired) electrons. The van der Waals surface area contributed by atoms with Gasteiger partial charge in [0.05, 0.1) is 0 Å². The van der Waals surface area contributed by atoms with Gasteiger partial charge >= 0.3 is 0 Å². The van der Waals surface area contributed by atoms with E-state index in [0.29, 0.717) is 6.42 Å². The van der Waals surface area contributed by atoms with E-state index in [4.69, 9.17) is 0 Å². The molecular weight excluding hydrogens is 172 g/mol. The summed E-state index contributed by atoms with van der Waals surface area (Å²) >= 11 is 0. The van der Waals surface area contributed by atoms with Crippen LogP contribution in [0.2, 0.25) is 0 Å². The van der Waals surface area contributed by atoms with E-state index in [2.05, 4.69) is 6.07 Å². The van der Waals surface area contributed by atoms with Crippen LogP contribution in [-0.2, 0) is 4.79 Å². The Morgan fingerprint density at radius 3 is 2.86 bits per heavy atom. The van der Waals surface area contributed by atoms with Gasteiger partial charge in [-0.1, -0.05) is 42.8 Å². The molecule has 0 bridgehead atoms. The standard InChI is InChI=1S/C13H16O/c1-3-5-13(14)9-8-12-7-4-6-11(2)10-12/h4,6-10H,3,5H2,1-2H3/b9-8+. The van der Waals surface area contributed by atoms with Gasteiger partial charge < -0.3 is 0 Å². The summed E-state index contributed by atoms with van der Waals surface area (Å²) in [5.41, 5.74) is 2.31. The van der Waals surface area contributed by atoms with Crippen molar-refractivity contribution in [3.05, 3.63) is 41.5 Å². The highest BCUT2D eigenvalue weighted by atomic mass is 16.1. The number of rotatable bonds is 4. The third kappa shape index (κ3) is 3.56. The van der Waals surface area contributed by atoms with Gasteiger partial charge in [0.25, 0.3) is 0 Å². The molecule has 0 spiro atoms. The second-order valence-electron chi connectivity index (χ2n) is 3.46. The number of aryl methyl sites for hydroxylation is 1. The van der Waals surface area contributed by atoms with E-state index in [1.54, 1.807) is 6.08 Å². The van der Waals surface area contributed by atoms with Crippen LogP contribution in [0.3, 0.4) is 0 Å². The SMILES string of the molecule is CCCC(=O)/C=C/c1cccc(C)c1. The number of carbonyl (C=O) groups excluding carboxylic acids is 1. The van der Waals surface area contributed by atoms with E-state index in [1.807, 2.05) is 38.1 Å². The van der Waals surface area contributed by atoms with Crippen molar-refractivity contribution in [2.75, 3.05) is 0 Å². The Labute approximate surface area is 85.5 Å². The average molecular weight is 188 g/mol. The maximum atomic E-state index is 11.2. The number of hydrogen-bond acceptors (Lipinski definition) is 1. The van der Waals surface area contributed by atoms with Gasteiger partial charge in [-0.2, -0.15) is 0 Å². The molecule has 0 saturated heterocycles. The Morgan fingerprint density at radius 2 is 2.21 bits per heavy atom. The van der Waals surface area contributed by atoms with Crippen molar-refractivity contribution >= 4 is 11.9 Å². The lowest BCUT2D eigenvalue weighted by Gasteiger charge is -1.95. The van der Waals surface area contributed by atoms with Crippen LogP contribution in [0.5, 0.6) is 0 Å². The van der Waals surface area contributed by atoms with Crippen molar-refractivity contribution in [1.82, 2.24) is 0 Å². The van der Waals surface area contributed by atoms with Crippen LogP contribution in [-0.4, -0.2) is 5.78 Å². The summed E-state index contributed by atoms with van der Waals surface area (Å²) in [6.07, 6.45) is 5.10. The largest absolute Gasteiger partial charge is 0.295 e. The fourth-order valence-electron chi connectivity index (χ4n) is 1.29. The van der Waals surface area contributed by atoms with Gasteiger partial charge in [-0.05, 0) is 25.0 Å².